The van der Waals surface area contributed by atoms with Crippen LogP contribution in [0.4, 0.5) is 18.9 Å². The molecule has 90 valence electrons. The van der Waals surface area contributed by atoms with Crippen molar-refractivity contribution in [2.45, 2.75) is 6.18 Å². The molecule has 0 saturated carbocycles. The summed E-state index contributed by atoms with van der Waals surface area (Å²) in [6, 6.07) is 0. The van der Waals surface area contributed by atoms with E-state index in [0.717, 1.165) is 7.05 Å². The van der Waals surface area contributed by atoms with Crippen molar-refractivity contribution >= 4 is 23.2 Å². The molecule has 5 nitrogen and oxygen atoms in total. The van der Waals surface area contributed by atoms with E-state index in [4.69, 9.17) is 11.6 Å². The number of amides is 1. The summed E-state index contributed by atoms with van der Waals surface area (Å²) in [6.45, 7) is 0. The fourth-order valence-corrected chi connectivity index (χ4v) is 1.23. The van der Waals surface area contributed by atoms with E-state index in [0.29, 0.717) is 4.68 Å². The molecule has 1 rings (SSSR count). The summed E-state index contributed by atoms with van der Waals surface area (Å²) in [7, 11) is 1.01. The first kappa shape index (κ1) is 12.6. The normalized spacial score (nSPS) is 11.6. The molecule has 0 spiro atoms. The summed E-state index contributed by atoms with van der Waals surface area (Å²) in [6.07, 6.45) is -4.75. The van der Waals surface area contributed by atoms with Crippen LogP contribution in [0.15, 0.2) is 4.79 Å². The topological polar surface area (TPSA) is 66.9 Å². The fourth-order valence-electron chi connectivity index (χ4n) is 1.16. The highest BCUT2D eigenvalue weighted by Crippen LogP contribution is 2.32. The van der Waals surface area contributed by atoms with E-state index < -0.39 is 34.9 Å². The van der Waals surface area contributed by atoms with Crippen molar-refractivity contribution in [1.29, 1.82) is 0 Å². The molecular weight excluding hydrogens is 251 g/mol. The number of H-pyrrole nitrogens is 1. The molecule has 0 atom stereocenters. The molecule has 0 aliphatic rings. The van der Waals surface area contributed by atoms with Gasteiger partial charge in [0.2, 0.25) is 5.91 Å². The van der Waals surface area contributed by atoms with Gasteiger partial charge in [0.15, 0.2) is 5.69 Å². The van der Waals surface area contributed by atoms with Gasteiger partial charge < -0.3 is 5.32 Å². The van der Waals surface area contributed by atoms with Crippen LogP contribution in [-0.4, -0.2) is 21.6 Å². The molecule has 0 aliphatic carbocycles. The van der Waals surface area contributed by atoms with Gasteiger partial charge in [0.25, 0.3) is 5.56 Å². The second-order valence-corrected chi connectivity index (χ2v) is 3.17. The van der Waals surface area contributed by atoms with Crippen molar-refractivity contribution in [3.05, 3.63) is 16.0 Å². The van der Waals surface area contributed by atoms with Gasteiger partial charge in [0.05, 0.1) is 0 Å². The molecule has 1 aromatic heterocycles. The van der Waals surface area contributed by atoms with E-state index in [9.17, 15) is 22.8 Å². The lowest BCUT2D eigenvalue weighted by Gasteiger charge is -2.09. The highest BCUT2D eigenvalue weighted by Gasteiger charge is 2.39. The molecule has 1 heterocycles. The predicted octanol–water partition coefficient (Wildman–Crippen LogP) is 0.909. The first-order valence-electron chi connectivity index (χ1n) is 3.99. The minimum absolute atomic E-state index is 0.492. The van der Waals surface area contributed by atoms with Crippen molar-refractivity contribution in [1.82, 2.24) is 9.78 Å². The molecule has 0 aliphatic heterocycles. The molecule has 0 bridgehead atoms. The summed E-state index contributed by atoms with van der Waals surface area (Å²) in [4.78, 5) is 22.0. The zero-order valence-corrected chi connectivity index (χ0v) is 8.74. The highest BCUT2D eigenvalue weighted by molar-refractivity contribution is 6.29. The first-order valence-corrected chi connectivity index (χ1v) is 4.52. The Hall–Kier alpha value is -1.44. The number of aromatic nitrogens is 2. The minimum atomic E-state index is -4.75. The maximum Gasteiger partial charge on any atom is 0.435 e. The number of hydrogen-bond donors (Lipinski definition) is 2. The van der Waals surface area contributed by atoms with E-state index in [1.807, 2.05) is 5.10 Å². The average Bonchev–Trinajstić information content (AvgIpc) is 2.40. The number of aryl methyl sites for hydroxylation is 1. The van der Waals surface area contributed by atoms with E-state index in [1.165, 1.54) is 0 Å². The zero-order valence-electron chi connectivity index (χ0n) is 7.98. The predicted molar refractivity (Wildman–Crippen MR) is 50.4 cm³/mol. The summed E-state index contributed by atoms with van der Waals surface area (Å²) in [5.74, 6) is -1.42. The Balaban J connectivity index is 3.27. The summed E-state index contributed by atoms with van der Waals surface area (Å²) in [5.41, 5.74) is -3.13. The Morgan fingerprint density at radius 2 is 2.12 bits per heavy atom. The van der Waals surface area contributed by atoms with E-state index in [2.05, 4.69) is 0 Å². The number of carbonyl (C=O) groups is 1. The molecule has 1 amide bonds. The lowest BCUT2D eigenvalue weighted by molar-refractivity contribution is -0.143. The smallest absolute Gasteiger partial charge is 0.319 e. The number of nitrogens with zero attached hydrogens (tertiary/aromatic N) is 1. The number of nitrogens with one attached hydrogen (secondary N) is 2. The van der Waals surface area contributed by atoms with Gasteiger partial charge in [-0.2, -0.15) is 13.2 Å². The monoisotopic (exact) mass is 257 g/mol. The Bertz CT molecular complexity index is 462. The number of alkyl halides is 4. The van der Waals surface area contributed by atoms with Crippen LogP contribution in [0.5, 0.6) is 0 Å². The van der Waals surface area contributed by atoms with Crippen LogP contribution in [-0.2, 0) is 18.0 Å². The number of anilines is 1. The number of rotatable bonds is 2. The van der Waals surface area contributed by atoms with Crippen molar-refractivity contribution in [3.63, 3.8) is 0 Å². The number of carbonyl (C=O) groups excluding carboxylic acids is 1. The Morgan fingerprint density at radius 3 is 2.56 bits per heavy atom. The quantitative estimate of drug-likeness (QED) is 0.774. The van der Waals surface area contributed by atoms with Crippen molar-refractivity contribution < 1.29 is 18.0 Å². The highest BCUT2D eigenvalue weighted by atomic mass is 35.5. The molecule has 2 N–H and O–H groups in total. The first-order chi connectivity index (χ1) is 7.27. The van der Waals surface area contributed by atoms with Gasteiger partial charge in [-0.25, -0.2) is 0 Å². The van der Waals surface area contributed by atoms with Gasteiger partial charge in [-0.15, -0.1) is 11.6 Å². The molecule has 1 aromatic rings. The van der Waals surface area contributed by atoms with Crippen LogP contribution in [0.2, 0.25) is 0 Å². The number of aromatic amines is 1. The second-order valence-electron chi connectivity index (χ2n) is 2.90. The third-order valence-corrected chi connectivity index (χ3v) is 1.97. The average molecular weight is 258 g/mol. The van der Waals surface area contributed by atoms with Crippen molar-refractivity contribution in [3.8, 4) is 0 Å². The molecular formula is C7H7ClF3N3O2. The van der Waals surface area contributed by atoms with Crippen molar-refractivity contribution in [2.24, 2.45) is 7.05 Å². The molecule has 0 radical (unpaired) electrons. The second kappa shape index (κ2) is 4.20. The van der Waals surface area contributed by atoms with E-state index >= 15 is 0 Å². The molecule has 0 saturated heterocycles. The summed E-state index contributed by atoms with van der Waals surface area (Å²) < 4.78 is 38.0. The van der Waals surface area contributed by atoms with Gasteiger partial charge in [0, 0.05) is 7.05 Å². The van der Waals surface area contributed by atoms with Gasteiger partial charge in [-0.1, -0.05) is 0 Å². The molecule has 0 aromatic carbocycles. The van der Waals surface area contributed by atoms with Crippen LogP contribution < -0.4 is 10.9 Å². The molecule has 9 heteroatoms. The van der Waals surface area contributed by atoms with Crippen molar-refractivity contribution in [2.75, 3.05) is 11.2 Å². The van der Waals surface area contributed by atoms with E-state index in [-0.39, 0.29) is 0 Å². The van der Waals surface area contributed by atoms with Gasteiger partial charge in [-0.05, 0) is 0 Å². The molecule has 0 unspecified atom stereocenters. The Labute approximate surface area is 92.2 Å². The largest absolute Gasteiger partial charge is 0.435 e. The van der Waals surface area contributed by atoms with Crippen LogP contribution in [0.3, 0.4) is 0 Å². The maximum atomic E-state index is 12.5. The lowest BCUT2D eigenvalue weighted by Crippen LogP contribution is -2.21. The summed E-state index contributed by atoms with van der Waals surface area (Å²) >= 11 is 5.12. The van der Waals surface area contributed by atoms with Crippen LogP contribution in [0, 0.1) is 0 Å². The molecule has 0 fully saturated rings. The minimum Gasteiger partial charge on any atom is -0.319 e. The number of halogens is 4. The third kappa shape index (κ3) is 2.38. The van der Waals surface area contributed by atoms with Crippen LogP contribution in [0.25, 0.3) is 0 Å². The fraction of sp³-hybridized carbons (Fsp3) is 0.429. The lowest BCUT2D eigenvalue weighted by atomic mass is 10.3. The standard InChI is InChI=1S/C7H7ClF3N3O2/c1-14-5(7(9,10)11)4(6(16)13-14)12-3(15)2-8/h2H2,1H3,(H,12,15)(H,13,16). The van der Waals surface area contributed by atoms with Gasteiger partial charge in [0.1, 0.15) is 11.6 Å². The SMILES string of the molecule is Cn1[nH]c(=O)c(NC(=O)CCl)c1C(F)(F)F. The Morgan fingerprint density at radius 1 is 1.56 bits per heavy atom. The Kier molecular flexibility index (Phi) is 3.32. The van der Waals surface area contributed by atoms with Crippen LogP contribution in [0.1, 0.15) is 5.69 Å². The molecule has 16 heavy (non-hydrogen) atoms. The third-order valence-electron chi connectivity index (χ3n) is 1.72. The summed E-state index contributed by atoms with van der Waals surface area (Å²) in [5, 5.41) is 3.70. The van der Waals surface area contributed by atoms with E-state index in [1.54, 1.807) is 5.32 Å². The van der Waals surface area contributed by atoms with Crippen LogP contribution >= 0.6 is 11.6 Å². The number of hydrogen-bond acceptors (Lipinski definition) is 2. The maximum absolute atomic E-state index is 12.5. The zero-order chi connectivity index (χ0) is 12.5. The van der Waals surface area contributed by atoms with Gasteiger partial charge in [-0.3, -0.25) is 19.4 Å². The van der Waals surface area contributed by atoms with Gasteiger partial charge >= 0.3 is 6.18 Å².